The first kappa shape index (κ1) is 15.8. The summed E-state index contributed by atoms with van der Waals surface area (Å²) in [6, 6.07) is 0. The predicted octanol–water partition coefficient (Wildman–Crippen LogP) is 2.45. The number of ether oxygens (including phenoxy) is 1. The van der Waals surface area contributed by atoms with Gasteiger partial charge in [-0.2, -0.15) is 0 Å². The standard InChI is InChI=1S/C12H25NO2S/c1-5-6-8-15-9-7-13-11(14)10-16-12(2,3)4/h5-10H2,1-4H3,(H,13,14). The maximum Gasteiger partial charge on any atom is 0.230 e. The Labute approximate surface area is 104 Å². The fourth-order valence-electron chi connectivity index (χ4n) is 0.944. The summed E-state index contributed by atoms with van der Waals surface area (Å²) in [5, 5.41) is 2.85. The molecule has 0 aliphatic carbocycles. The molecule has 16 heavy (non-hydrogen) atoms. The van der Waals surface area contributed by atoms with Crippen molar-refractivity contribution in [2.24, 2.45) is 0 Å². The van der Waals surface area contributed by atoms with E-state index in [-0.39, 0.29) is 10.7 Å². The Kier molecular flexibility index (Phi) is 8.76. The van der Waals surface area contributed by atoms with Crippen molar-refractivity contribution >= 4 is 17.7 Å². The van der Waals surface area contributed by atoms with E-state index in [0.29, 0.717) is 18.9 Å². The van der Waals surface area contributed by atoms with Gasteiger partial charge in [-0.1, -0.05) is 34.1 Å². The fourth-order valence-corrected chi connectivity index (χ4v) is 1.61. The van der Waals surface area contributed by atoms with E-state index in [1.807, 2.05) is 0 Å². The Morgan fingerprint density at radius 3 is 2.56 bits per heavy atom. The summed E-state index contributed by atoms with van der Waals surface area (Å²) in [6.45, 7) is 10.5. The van der Waals surface area contributed by atoms with E-state index in [1.54, 1.807) is 11.8 Å². The normalized spacial score (nSPS) is 11.5. The molecule has 0 spiro atoms. The van der Waals surface area contributed by atoms with Crippen molar-refractivity contribution in [3.05, 3.63) is 0 Å². The molecule has 0 rings (SSSR count). The summed E-state index contributed by atoms with van der Waals surface area (Å²) < 4.78 is 5.50. The molecule has 4 heteroatoms. The zero-order valence-electron chi connectivity index (χ0n) is 11.0. The lowest BCUT2D eigenvalue weighted by molar-refractivity contribution is -0.118. The first-order chi connectivity index (χ1) is 7.45. The Balaban J connectivity index is 3.31. The zero-order valence-corrected chi connectivity index (χ0v) is 11.8. The van der Waals surface area contributed by atoms with Crippen LogP contribution in [0.1, 0.15) is 40.5 Å². The van der Waals surface area contributed by atoms with Crippen LogP contribution in [0.15, 0.2) is 0 Å². The van der Waals surface area contributed by atoms with Gasteiger partial charge in [0.1, 0.15) is 0 Å². The number of carbonyl (C=O) groups is 1. The van der Waals surface area contributed by atoms with E-state index in [0.717, 1.165) is 19.4 Å². The average Bonchev–Trinajstić information content (AvgIpc) is 2.19. The molecule has 0 atom stereocenters. The smallest absolute Gasteiger partial charge is 0.230 e. The number of nitrogens with one attached hydrogen (secondary N) is 1. The first-order valence-corrected chi connectivity index (χ1v) is 6.92. The van der Waals surface area contributed by atoms with Gasteiger partial charge in [-0.05, 0) is 6.42 Å². The van der Waals surface area contributed by atoms with Crippen LogP contribution in [0.5, 0.6) is 0 Å². The van der Waals surface area contributed by atoms with Crippen LogP contribution >= 0.6 is 11.8 Å². The third-order valence-corrected chi connectivity index (χ3v) is 3.12. The van der Waals surface area contributed by atoms with E-state index in [9.17, 15) is 4.79 Å². The van der Waals surface area contributed by atoms with Crippen LogP contribution in [0.3, 0.4) is 0 Å². The Morgan fingerprint density at radius 1 is 1.31 bits per heavy atom. The summed E-state index contributed by atoms with van der Waals surface area (Å²) in [5.74, 6) is 0.623. The molecule has 3 nitrogen and oxygen atoms in total. The maximum absolute atomic E-state index is 11.4. The first-order valence-electron chi connectivity index (χ1n) is 5.94. The number of hydrogen-bond donors (Lipinski definition) is 1. The summed E-state index contributed by atoms with van der Waals surface area (Å²) in [6.07, 6.45) is 2.24. The minimum Gasteiger partial charge on any atom is -0.380 e. The predicted molar refractivity (Wildman–Crippen MR) is 70.9 cm³/mol. The number of carbonyl (C=O) groups excluding carboxylic acids is 1. The molecular formula is C12H25NO2S. The second kappa shape index (κ2) is 8.88. The van der Waals surface area contributed by atoms with Crippen molar-refractivity contribution in [3.8, 4) is 0 Å². The van der Waals surface area contributed by atoms with Crippen molar-refractivity contribution in [1.82, 2.24) is 5.32 Å². The number of amides is 1. The molecule has 0 bridgehead atoms. The van der Waals surface area contributed by atoms with Crippen LogP contribution in [-0.2, 0) is 9.53 Å². The average molecular weight is 247 g/mol. The minimum atomic E-state index is 0.0963. The fraction of sp³-hybridized carbons (Fsp3) is 0.917. The molecule has 1 amide bonds. The number of unbranched alkanes of at least 4 members (excludes halogenated alkanes) is 1. The van der Waals surface area contributed by atoms with Gasteiger partial charge in [-0.3, -0.25) is 4.79 Å². The molecule has 0 radical (unpaired) electrons. The number of hydrogen-bond acceptors (Lipinski definition) is 3. The van der Waals surface area contributed by atoms with E-state index in [1.165, 1.54) is 0 Å². The van der Waals surface area contributed by atoms with Gasteiger partial charge in [-0.25, -0.2) is 0 Å². The van der Waals surface area contributed by atoms with Crippen LogP contribution in [0.4, 0.5) is 0 Å². The summed E-state index contributed by atoms with van der Waals surface area (Å²) in [7, 11) is 0. The molecule has 1 N–H and O–H groups in total. The van der Waals surface area contributed by atoms with Crippen molar-refractivity contribution in [2.75, 3.05) is 25.5 Å². The van der Waals surface area contributed by atoms with Crippen LogP contribution in [0.25, 0.3) is 0 Å². The van der Waals surface area contributed by atoms with Crippen molar-refractivity contribution < 1.29 is 9.53 Å². The summed E-state index contributed by atoms with van der Waals surface area (Å²) >= 11 is 1.66. The van der Waals surface area contributed by atoms with Crippen molar-refractivity contribution in [1.29, 1.82) is 0 Å². The SMILES string of the molecule is CCCCOCCNC(=O)CSC(C)(C)C. The Bertz CT molecular complexity index is 190. The van der Waals surface area contributed by atoms with E-state index in [2.05, 4.69) is 33.0 Å². The molecule has 0 aliphatic rings. The molecule has 0 heterocycles. The summed E-state index contributed by atoms with van der Waals surface area (Å²) in [4.78, 5) is 11.4. The molecule has 0 unspecified atom stereocenters. The van der Waals surface area contributed by atoms with Crippen LogP contribution < -0.4 is 5.32 Å². The second-order valence-corrected chi connectivity index (χ2v) is 6.52. The molecular weight excluding hydrogens is 222 g/mol. The second-order valence-electron chi connectivity index (χ2n) is 4.72. The molecule has 96 valence electrons. The highest BCUT2D eigenvalue weighted by molar-refractivity contribution is 8.01. The quantitative estimate of drug-likeness (QED) is 0.670. The van der Waals surface area contributed by atoms with Gasteiger partial charge in [0, 0.05) is 17.9 Å². The lowest BCUT2D eigenvalue weighted by atomic mass is 10.3. The maximum atomic E-state index is 11.4. The number of rotatable bonds is 8. The monoisotopic (exact) mass is 247 g/mol. The molecule has 0 aliphatic heterocycles. The third-order valence-electron chi connectivity index (χ3n) is 1.85. The molecule has 0 fully saturated rings. The van der Waals surface area contributed by atoms with E-state index < -0.39 is 0 Å². The van der Waals surface area contributed by atoms with Gasteiger partial charge in [0.25, 0.3) is 0 Å². The van der Waals surface area contributed by atoms with Gasteiger partial charge in [-0.15, -0.1) is 11.8 Å². The highest BCUT2D eigenvalue weighted by Gasteiger charge is 2.12. The topological polar surface area (TPSA) is 38.3 Å². The third kappa shape index (κ3) is 11.9. The zero-order chi connectivity index (χ0) is 12.4. The molecule has 0 saturated heterocycles. The molecule has 0 aromatic carbocycles. The van der Waals surface area contributed by atoms with Crippen LogP contribution in [0, 0.1) is 0 Å². The number of thioether (sulfide) groups is 1. The van der Waals surface area contributed by atoms with Gasteiger partial charge in [0.05, 0.1) is 12.4 Å². The minimum absolute atomic E-state index is 0.0963. The van der Waals surface area contributed by atoms with Gasteiger partial charge >= 0.3 is 0 Å². The lowest BCUT2D eigenvalue weighted by Crippen LogP contribution is -2.30. The Morgan fingerprint density at radius 2 is 2.00 bits per heavy atom. The molecule has 0 saturated carbocycles. The van der Waals surface area contributed by atoms with E-state index in [4.69, 9.17) is 4.74 Å². The molecule has 0 aromatic heterocycles. The highest BCUT2D eigenvalue weighted by atomic mass is 32.2. The van der Waals surface area contributed by atoms with Gasteiger partial charge < -0.3 is 10.1 Å². The van der Waals surface area contributed by atoms with Gasteiger partial charge in [0.2, 0.25) is 5.91 Å². The summed E-state index contributed by atoms with van der Waals surface area (Å²) in [5.41, 5.74) is 0. The largest absolute Gasteiger partial charge is 0.380 e. The highest BCUT2D eigenvalue weighted by Crippen LogP contribution is 2.22. The van der Waals surface area contributed by atoms with Crippen LogP contribution in [-0.4, -0.2) is 36.2 Å². The lowest BCUT2D eigenvalue weighted by Gasteiger charge is -2.16. The van der Waals surface area contributed by atoms with E-state index >= 15 is 0 Å². The Hall–Kier alpha value is -0.220. The van der Waals surface area contributed by atoms with Crippen molar-refractivity contribution in [3.63, 3.8) is 0 Å². The van der Waals surface area contributed by atoms with Crippen molar-refractivity contribution in [2.45, 2.75) is 45.3 Å². The van der Waals surface area contributed by atoms with Gasteiger partial charge in [0.15, 0.2) is 0 Å². The van der Waals surface area contributed by atoms with Crippen LogP contribution in [0.2, 0.25) is 0 Å². The molecule has 0 aromatic rings.